The molecular formula is C36H40N10O4. The summed E-state index contributed by atoms with van der Waals surface area (Å²) in [4.78, 5) is 72.0. The lowest BCUT2D eigenvalue weighted by Gasteiger charge is -2.37. The van der Waals surface area contributed by atoms with E-state index >= 15 is 0 Å². The van der Waals surface area contributed by atoms with Gasteiger partial charge >= 0.3 is 0 Å². The number of hydrogen-bond acceptors (Lipinski definition) is 10. The molecule has 1 aliphatic carbocycles. The number of carbonyl (C=O) groups is 4. The summed E-state index contributed by atoms with van der Waals surface area (Å²) in [6.45, 7) is 3.58. The van der Waals surface area contributed by atoms with Crippen LogP contribution in [0.2, 0.25) is 0 Å². The molecule has 0 bridgehead atoms. The fraction of sp³-hybridized carbons (Fsp3) is 0.417. The molecule has 14 nitrogen and oxygen atoms in total. The molecule has 0 radical (unpaired) electrons. The number of benzene rings is 1. The number of imide groups is 1. The first-order valence-electron chi connectivity index (χ1n) is 17.3. The number of rotatable bonds is 7. The van der Waals surface area contributed by atoms with Crippen molar-refractivity contribution in [2.75, 3.05) is 55.4 Å². The van der Waals surface area contributed by atoms with Crippen LogP contribution in [0.1, 0.15) is 71.0 Å². The molecule has 0 unspecified atom stereocenters. The molecule has 14 heteroatoms. The van der Waals surface area contributed by atoms with Gasteiger partial charge in [-0.3, -0.25) is 24.5 Å². The second-order valence-corrected chi connectivity index (χ2v) is 13.8. The van der Waals surface area contributed by atoms with Crippen LogP contribution in [-0.4, -0.2) is 99.3 Å². The highest BCUT2D eigenvalue weighted by Gasteiger charge is 2.39. The van der Waals surface area contributed by atoms with Crippen molar-refractivity contribution in [1.29, 1.82) is 0 Å². The number of nitrogens with zero attached hydrogens (tertiary/aromatic N) is 8. The van der Waals surface area contributed by atoms with Gasteiger partial charge in [0, 0.05) is 82.1 Å². The summed E-state index contributed by atoms with van der Waals surface area (Å²) in [6, 6.07) is 11.4. The van der Waals surface area contributed by atoms with Crippen molar-refractivity contribution >= 4 is 57.8 Å². The number of pyridine rings is 1. The summed E-state index contributed by atoms with van der Waals surface area (Å²) in [5.74, 6) is 0.184. The molecule has 3 aliphatic heterocycles. The Kier molecular flexibility index (Phi) is 8.08. The van der Waals surface area contributed by atoms with Crippen molar-refractivity contribution in [2.45, 2.75) is 57.2 Å². The molecule has 0 spiro atoms. The van der Waals surface area contributed by atoms with Crippen LogP contribution in [0.5, 0.6) is 0 Å². The normalized spacial score (nSPS) is 19.7. The lowest BCUT2D eigenvalue weighted by Crippen LogP contribution is -2.52. The van der Waals surface area contributed by atoms with Gasteiger partial charge in [0.15, 0.2) is 0 Å². The predicted octanol–water partition coefficient (Wildman–Crippen LogP) is 3.47. The van der Waals surface area contributed by atoms with E-state index in [4.69, 9.17) is 4.98 Å². The Morgan fingerprint density at radius 3 is 2.34 bits per heavy atom. The Morgan fingerprint density at radius 2 is 1.64 bits per heavy atom. The van der Waals surface area contributed by atoms with E-state index in [-0.39, 0.29) is 30.2 Å². The van der Waals surface area contributed by atoms with E-state index in [2.05, 4.69) is 41.0 Å². The van der Waals surface area contributed by atoms with Gasteiger partial charge in [-0.2, -0.15) is 4.98 Å². The van der Waals surface area contributed by atoms with Crippen molar-refractivity contribution < 1.29 is 19.2 Å². The monoisotopic (exact) mass is 676 g/mol. The van der Waals surface area contributed by atoms with Crippen molar-refractivity contribution in [1.82, 2.24) is 34.6 Å². The van der Waals surface area contributed by atoms with Crippen LogP contribution in [0.4, 0.5) is 23.1 Å². The van der Waals surface area contributed by atoms with Gasteiger partial charge in [-0.1, -0.05) is 12.8 Å². The van der Waals surface area contributed by atoms with Crippen LogP contribution in [-0.2, 0) is 16.1 Å². The van der Waals surface area contributed by atoms with Crippen LogP contribution in [0.25, 0.3) is 11.0 Å². The summed E-state index contributed by atoms with van der Waals surface area (Å²) in [5, 5.41) is 6.46. The minimum atomic E-state index is -0.617. The minimum Gasteiger partial charge on any atom is -0.368 e. The zero-order valence-corrected chi connectivity index (χ0v) is 28.3. The third-order valence-corrected chi connectivity index (χ3v) is 10.4. The molecule has 3 fully saturated rings. The quantitative estimate of drug-likeness (QED) is 0.279. The molecule has 1 saturated carbocycles. The van der Waals surface area contributed by atoms with E-state index in [9.17, 15) is 19.2 Å². The topological polar surface area (TPSA) is 149 Å². The Hall–Kier alpha value is -5.53. The maximum absolute atomic E-state index is 13.1. The third-order valence-electron chi connectivity index (χ3n) is 10.4. The van der Waals surface area contributed by atoms with Crippen molar-refractivity contribution in [3.63, 3.8) is 0 Å². The van der Waals surface area contributed by atoms with Gasteiger partial charge in [-0.25, -0.2) is 9.97 Å². The second-order valence-electron chi connectivity index (χ2n) is 13.8. The van der Waals surface area contributed by atoms with Crippen molar-refractivity contribution in [3.05, 3.63) is 65.6 Å². The number of carbonyl (C=O) groups excluding carboxylic acids is 4. The Bertz CT molecular complexity index is 1990. The number of amides is 4. The number of hydrogen-bond donors (Lipinski definition) is 2. The highest BCUT2D eigenvalue weighted by Crippen LogP contribution is 2.35. The molecule has 3 aromatic heterocycles. The highest BCUT2D eigenvalue weighted by molar-refractivity contribution is 6.05. The summed E-state index contributed by atoms with van der Waals surface area (Å²) >= 11 is 0. The molecule has 2 N–H and O–H groups in total. The van der Waals surface area contributed by atoms with Gasteiger partial charge < -0.3 is 29.5 Å². The van der Waals surface area contributed by atoms with Crippen molar-refractivity contribution in [3.8, 4) is 0 Å². The number of aromatic nitrogens is 4. The maximum Gasteiger partial charge on any atom is 0.270 e. The molecule has 2 saturated heterocycles. The SMILES string of the molecule is CN(C)C(=O)c1cc2cnc(Nc3ccc(N4CCN(c5ccc6c(c5)CN([C@@H]5CCC(=O)NC5=O)C6=O)CC4)cn3)nc2n1C1CCCC1. The van der Waals surface area contributed by atoms with Gasteiger partial charge in [0.2, 0.25) is 17.8 Å². The number of fused-ring (bicyclic) bond motifs is 2. The molecule has 258 valence electrons. The number of piperazine rings is 1. The zero-order chi connectivity index (χ0) is 34.5. The smallest absolute Gasteiger partial charge is 0.270 e. The maximum atomic E-state index is 13.1. The largest absolute Gasteiger partial charge is 0.368 e. The van der Waals surface area contributed by atoms with Crippen LogP contribution in [0, 0.1) is 0 Å². The molecule has 6 heterocycles. The van der Waals surface area contributed by atoms with Gasteiger partial charge in [-0.15, -0.1) is 0 Å². The molecule has 4 aromatic rings. The first-order valence-corrected chi connectivity index (χ1v) is 17.3. The van der Waals surface area contributed by atoms with Gasteiger partial charge in [0.05, 0.1) is 11.9 Å². The van der Waals surface area contributed by atoms with E-state index in [1.54, 1.807) is 30.1 Å². The fourth-order valence-electron chi connectivity index (χ4n) is 7.74. The molecule has 1 aromatic carbocycles. The van der Waals surface area contributed by atoms with Crippen LogP contribution in [0.3, 0.4) is 0 Å². The molecule has 4 amide bonds. The predicted molar refractivity (Wildman–Crippen MR) is 187 cm³/mol. The Morgan fingerprint density at radius 1 is 0.900 bits per heavy atom. The first-order chi connectivity index (χ1) is 24.2. The zero-order valence-electron chi connectivity index (χ0n) is 28.3. The van der Waals surface area contributed by atoms with Crippen LogP contribution >= 0.6 is 0 Å². The van der Waals surface area contributed by atoms with E-state index in [1.165, 1.54) is 0 Å². The summed E-state index contributed by atoms with van der Waals surface area (Å²) in [5.41, 5.74) is 5.00. The van der Waals surface area contributed by atoms with Gasteiger partial charge in [0.1, 0.15) is 23.2 Å². The summed E-state index contributed by atoms with van der Waals surface area (Å²) in [6.07, 6.45) is 8.56. The average Bonchev–Trinajstić information content (AvgIpc) is 3.86. The first kappa shape index (κ1) is 31.7. The number of nitrogens with one attached hydrogen (secondary N) is 2. The molecule has 8 rings (SSSR count). The molecule has 1 atom stereocenters. The van der Waals surface area contributed by atoms with Crippen LogP contribution < -0.4 is 20.4 Å². The number of anilines is 4. The third kappa shape index (κ3) is 5.77. The standard InChI is InChI=1S/C36H40N10O4/c1-42(2)35(50)29-18-22-19-38-36(41-32(22)46(29)24-5-3-4-6-24)39-30-11-8-26(20-37-30)44-15-13-43(14-16-44)25-7-9-27-23(17-25)21-45(34(27)49)28-10-12-31(47)40-33(28)48/h7-9,11,17-20,24,28H,3-6,10,12-16,21H2,1-2H3,(H,40,47,48)(H,37,38,39,41)/t28-/m1/s1. The highest BCUT2D eigenvalue weighted by atomic mass is 16.2. The molecule has 50 heavy (non-hydrogen) atoms. The van der Waals surface area contributed by atoms with E-state index in [0.29, 0.717) is 36.0 Å². The average molecular weight is 677 g/mol. The lowest BCUT2D eigenvalue weighted by molar-refractivity contribution is -0.136. The number of piperidine rings is 1. The molecular weight excluding hydrogens is 636 g/mol. The van der Waals surface area contributed by atoms with Gasteiger partial charge in [-0.05, 0) is 61.2 Å². The minimum absolute atomic E-state index is 0.0374. The summed E-state index contributed by atoms with van der Waals surface area (Å²) in [7, 11) is 3.54. The van der Waals surface area contributed by atoms with Gasteiger partial charge in [0.25, 0.3) is 11.8 Å². The molecule has 4 aliphatic rings. The summed E-state index contributed by atoms with van der Waals surface area (Å²) < 4.78 is 2.10. The van der Waals surface area contributed by atoms with E-state index in [1.807, 2.05) is 36.5 Å². The van der Waals surface area contributed by atoms with E-state index in [0.717, 1.165) is 79.8 Å². The van der Waals surface area contributed by atoms with Crippen LogP contribution in [0.15, 0.2) is 48.8 Å². The lowest BCUT2D eigenvalue weighted by atomic mass is 10.0. The Labute approximate surface area is 289 Å². The fourth-order valence-corrected chi connectivity index (χ4v) is 7.74. The Balaban J connectivity index is 0.911. The van der Waals surface area contributed by atoms with Crippen molar-refractivity contribution in [2.24, 2.45) is 0 Å². The van der Waals surface area contributed by atoms with E-state index < -0.39 is 11.9 Å². The second kappa shape index (κ2) is 12.7.